The first-order chi connectivity index (χ1) is 13.1. The fourth-order valence-corrected chi connectivity index (χ4v) is 5.04. The van der Waals surface area contributed by atoms with Crippen LogP contribution in [0.15, 0.2) is 42.7 Å². The smallest absolute Gasteiger partial charge is 0.282 e. The number of nitrogens with zero attached hydrogens (tertiary/aromatic N) is 5. The van der Waals surface area contributed by atoms with Gasteiger partial charge in [0, 0.05) is 57.6 Å². The van der Waals surface area contributed by atoms with Gasteiger partial charge in [0.05, 0.1) is 25.1 Å². The lowest BCUT2D eigenvalue weighted by molar-refractivity contribution is 0.0684. The molecule has 1 aromatic carbocycles. The number of hydrogen-bond acceptors (Lipinski definition) is 5. The summed E-state index contributed by atoms with van der Waals surface area (Å²) in [5.41, 5.74) is 2.16. The standard InChI is InChI=1S/C18H25N5O3S/c24-27(25,22-10-12-26-13-11-22)21-8-6-20(7-9-21)15-17-14-19-23(16-17)18-4-2-1-3-5-18/h1-5,14,16H,6-13,15H2. The van der Waals surface area contributed by atoms with Gasteiger partial charge in [-0.2, -0.15) is 22.1 Å². The van der Waals surface area contributed by atoms with Crippen molar-refractivity contribution in [3.63, 3.8) is 0 Å². The number of morpholine rings is 1. The molecule has 2 fully saturated rings. The van der Waals surface area contributed by atoms with Crippen molar-refractivity contribution in [2.24, 2.45) is 0 Å². The molecule has 0 radical (unpaired) electrons. The minimum Gasteiger partial charge on any atom is -0.379 e. The highest BCUT2D eigenvalue weighted by molar-refractivity contribution is 7.86. The molecule has 8 nitrogen and oxygen atoms in total. The van der Waals surface area contributed by atoms with E-state index < -0.39 is 10.2 Å². The van der Waals surface area contributed by atoms with E-state index in [-0.39, 0.29) is 0 Å². The molecule has 0 unspecified atom stereocenters. The Hall–Kier alpha value is -1.78. The first kappa shape index (κ1) is 18.6. The van der Waals surface area contributed by atoms with E-state index in [1.807, 2.05) is 47.4 Å². The molecule has 1 aromatic heterocycles. The minimum absolute atomic E-state index is 0.446. The van der Waals surface area contributed by atoms with E-state index in [2.05, 4.69) is 10.00 Å². The van der Waals surface area contributed by atoms with Crippen LogP contribution in [0.25, 0.3) is 5.69 Å². The number of rotatable bonds is 5. The molecule has 27 heavy (non-hydrogen) atoms. The van der Waals surface area contributed by atoms with Crippen molar-refractivity contribution in [3.05, 3.63) is 48.3 Å². The number of aromatic nitrogens is 2. The van der Waals surface area contributed by atoms with Crippen LogP contribution in [0.4, 0.5) is 0 Å². The highest BCUT2D eigenvalue weighted by Crippen LogP contribution is 2.16. The van der Waals surface area contributed by atoms with E-state index in [0.717, 1.165) is 30.9 Å². The van der Waals surface area contributed by atoms with Gasteiger partial charge in [-0.25, -0.2) is 4.68 Å². The highest BCUT2D eigenvalue weighted by Gasteiger charge is 2.33. The SMILES string of the molecule is O=S(=O)(N1CCOCC1)N1CCN(Cc2cnn(-c3ccccc3)c2)CC1. The first-order valence-electron chi connectivity index (χ1n) is 9.27. The Morgan fingerprint density at radius 2 is 1.59 bits per heavy atom. The molecule has 2 saturated heterocycles. The molecule has 2 aliphatic rings. The van der Waals surface area contributed by atoms with E-state index in [1.54, 1.807) is 4.31 Å². The van der Waals surface area contributed by atoms with Crippen molar-refractivity contribution in [2.75, 3.05) is 52.5 Å². The molecule has 0 N–H and O–H groups in total. The molecule has 0 atom stereocenters. The maximum atomic E-state index is 12.7. The van der Waals surface area contributed by atoms with Gasteiger partial charge in [0.15, 0.2) is 0 Å². The average molecular weight is 391 g/mol. The Bertz CT molecular complexity index is 841. The second-order valence-corrected chi connectivity index (χ2v) is 8.75. The predicted molar refractivity (Wildman–Crippen MR) is 102 cm³/mol. The van der Waals surface area contributed by atoms with Gasteiger partial charge < -0.3 is 4.74 Å². The number of para-hydroxylation sites is 1. The second kappa shape index (κ2) is 8.07. The molecule has 2 aromatic rings. The molecule has 146 valence electrons. The van der Waals surface area contributed by atoms with E-state index in [1.165, 1.54) is 4.31 Å². The van der Waals surface area contributed by atoms with Gasteiger partial charge in [0.1, 0.15) is 0 Å². The largest absolute Gasteiger partial charge is 0.379 e. The lowest BCUT2D eigenvalue weighted by atomic mass is 10.3. The molecule has 2 aliphatic heterocycles. The number of ether oxygens (including phenoxy) is 1. The third kappa shape index (κ3) is 4.22. The van der Waals surface area contributed by atoms with Crippen LogP contribution in [0.2, 0.25) is 0 Å². The van der Waals surface area contributed by atoms with E-state index in [4.69, 9.17) is 4.74 Å². The zero-order chi connectivity index (χ0) is 18.7. The molecule has 0 amide bonds. The van der Waals surface area contributed by atoms with E-state index in [0.29, 0.717) is 39.4 Å². The normalized spacial score (nSPS) is 20.7. The minimum atomic E-state index is -3.37. The van der Waals surface area contributed by atoms with Gasteiger partial charge in [0.2, 0.25) is 0 Å². The molecule has 0 bridgehead atoms. The van der Waals surface area contributed by atoms with Gasteiger partial charge in [-0.3, -0.25) is 4.90 Å². The zero-order valence-electron chi connectivity index (χ0n) is 15.3. The van der Waals surface area contributed by atoms with Gasteiger partial charge in [0.25, 0.3) is 10.2 Å². The van der Waals surface area contributed by atoms with Crippen molar-refractivity contribution in [2.45, 2.75) is 6.54 Å². The summed E-state index contributed by atoms with van der Waals surface area (Å²) < 4.78 is 35.7. The average Bonchev–Trinajstić information content (AvgIpc) is 3.18. The van der Waals surface area contributed by atoms with Crippen LogP contribution in [-0.2, 0) is 21.5 Å². The summed E-state index contributed by atoms with van der Waals surface area (Å²) in [6, 6.07) is 10.0. The maximum Gasteiger partial charge on any atom is 0.282 e. The number of piperazine rings is 1. The van der Waals surface area contributed by atoms with Crippen LogP contribution < -0.4 is 0 Å². The Morgan fingerprint density at radius 3 is 2.30 bits per heavy atom. The fourth-order valence-electron chi connectivity index (χ4n) is 3.48. The van der Waals surface area contributed by atoms with Gasteiger partial charge in [-0.15, -0.1) is 0 Å². The summed E-state index contributed by atoms with van der Waals surface area (Å²) in [6.45, 7) is 5.11. The summed E-state index contributed by atoms with van der Waals surface area (Å²) in [6.07, 6.45) is 3.91. The van der Waals surface area contributed by atoms with Crippen molar-refractivity contribution < 1.29 is 13.2 Å². The molecule has 0 aliphatic carbocycles. The molecule has 9 heteroatoms. The summed E-state index contributed by atoms with van der Waals surface area (Å²) >= 11 is 0. The Kier molecular flexibility index (Phi) is 5.55. The van der Waals surface area contributed by atoms with Crippen molar-refractivity contribution >= 4 is 10.2 Å². The Labute approximate surface area is 160 Å². The van der Waals surface area contributed by atoms with Gasteiger partial charge >= 0.3 is 0 Å². The number of benzene rings is 1. The van der Waals surface area contributed by atoms with E-state index >= 15 is 0 Å². The lowest BCUT2D eigenvalue weighted by Gasteiger charge is -2.37. The predicted octanol–water partition coefficient (Wildman–Crippen LogP) is 0.567. The summed E-state index contributed by atoms with van der Waals surface area (Å²) in [4.78, 5) is 2.28. The molecule has 0 spiro atoms. The van der Waals surface area contributed by atoms with Gasteiger partial charge in [-0.1, -0.05) is 18.2 Å². The van der Waals surface area contributed by atoms with Crippen LogP contribution in [-0.4, -0.2) is 84.2 Å². The third-order valence-corrected chi connectivity index (χ3v) is 7.05. The summed E-state index contributed by atoms with van der Waals surface area (Å²) in [7, 11) is -3.37. The highest BCUT2D eigenvalue weighted by atomic mass is 32.2. The van der Waals surface area contributed by atoms with Crippen LogP contribution in [0.1, 0.15) is 5.56 Å². The quantitative estimate of drug-likeness (QED) is 0.745. The lowest BCUT2D eigenvalue weighted by Crippen LogP contribution is -2.54. The van der Waals surface area contributed by atoms with Gasteiger partial charge in [-0.05, 0) is 12.1 Å². The molecule has 0 saturated carbocycles. The van der Waals surface area contributed by atoms with Crippen molar-refractivity contribution in [3.8, 4) is 5.69 Å². The van der Waals surface area contributed by atoms with Crippen molar-refractivity contribution in [1.82, 2.24) is 23.3 Å². The Balaban J connectivity index is 1.33. The second-order valence-electron chi connectivity index (χ2n) is 6.82. The monoisotopic (exact) mass is 391 g/mol. The van der Waals surface area contributed by atoms with E-state index in [9.17, 15) is 8.42 Å². The van der Waals surface area contributed by atoms with Crippen LogP contribution in [0.3, 0.4) is 0 Å². The molecule has 3 heterocycles. The topological polar surface area (TPSA) is 70.9 Å². The fraction of sp³-hybridized carbons (Fsp3) is 0.500. The molecule has 4 rings (SSSR count). The zero-order valence-corrected chi connectivity index (χ0v) is 16.1. The van der Waals surface area contributed by atoms with Crippen LogP contribution in [0, 0.1) is 0 Å². The molecular weight excluding hydrogens is 366 g/mol. The number of hydrogen-bond donors (Lipinski definition) is 0. The van der Waals surface area contributed by atoms with Crippen molar-refractivity contribution in [1.29, 1.82) is 0 Å². The van der Waals surface area contributed by atoms with Crippen LogP contribution >= 0.6 is 0 Å². The first-order valence-corrected chi connectivity index (χ1v) is 10.7. The van der Waals surface area contributed by atoms with Crippen LogP contribution in [0.5, 0.6) is 0 Å². The Morgan fingerprint density at radius 1 is 0.926 bits per heavy atom. The third-order valence-electron chi connectivity index (χ3n) is 5.02. The molecular formula is C18H25N5O3S. The summed E-state index contributed by atoms with van der Waals surface area (Å²) in [5, 5.41) is 4.43. The summed E-state index contributed by atoms with van der Waals surface area (Å²) in [5.74, 6) is 0. The maximum absolute atomic E-state index is 12.7.